The van der Waals surface area contributed by atoms with E-state index in [0.29, 0.717) is 5.69 Å². The zero-order chi connectivity index (χ0) is 22.1. The predicted molar refractivity (Wildman–Crippen MR) is 128 cm³/mol. The standard InChI is InChI=1S/C26H21N3O2S/c1-19-15-16-29-18-25(27-26(29)17-19)22-7-11-23(12-8-22)28-32(30,31)24-13-9-21(10-14-24)20-5-3-2-4-6-20/h2-18,28H,1H3. The van der Waals surface area contributed by atoms with Gasteiger partial charge >= 0.3 is 0 Å². The molecule has 2 aromatic heterocycles. The van der Waals surface area contributed by atoms with Crippen molar-refractivity contribution in [2.24, 2.45) is 0 Å². The predicted octanol–water partition coefficient (Wildman–Crippen LogP) is 5.78. The Kier molecular flexibility index (Phi) is 4.99. The molecule has 6 heteroatoms. The van der Waals surface area contributed by atoms with Gasteiger partial charge in [0.05, 0.1) is 10.6 Å². The molecule has 0 unspecified atom stereocenters. The van der Waals surface area contributed by atoms with E-state index in [1.807, 2.05) is 90.4 Å². The molecule has 0 fully saturated rings. The quantitative estimate of drug-likeness (QED) is 0.378. The second kappa shape index (κ2) is 7.98. The Hall–Kier alpha value is -3.90. The Bertz CT molecular complexity index is 1490. The highest BCUT2D eigenvalue weighted by atomic mass is 32.2. The van der Waals surface area contributed by atoms with E-state index in [4.69, 9.17) is 0 Å². The van der Waals surface area contributed by atoms with Crippen molar-refractivity contribution in [2.45, 2.75) is 11.8 Å². The number of nitrogens with zero attached hydrogens (tertiary/aromatic N) is 2. The van der Waals surface area contributed by atoms with Crippen molar-refractivity contribution >= 4 is 21.4 Å². The molecule has 0 spiro atoms. The topological polar surface area (TPSA) is 63.5 Å². The highest BCUT2D eigenvalue weighted by Gasteiger charge is 2.14. The monoisotopic (exact) mass is 439 g/mol. The Labute approximate surface area is 187 Å². The first kappa shape index (κ1) is 20.0. The third-order valence-electron chi connectivity index (χ3n) is 5.32. The second-order valence-corrected chi connectivity index (χ2v) is 9.35. The van der Waals surface area contributed by atoms with E-state index in [-0.39, 0.29) is 4.90 Å². The van der Waals surface area contributed by atoms with Gasteiger partial charge in [-0.15, -0.1) is 0 Å². The van der Waals surface area contributed by atoms with Crippen LogP contribution in [0.1, 0.15) is 5.56 Å². The highest BCUT2D eigenvalue weighted by molar-refractivity contribution is 7.92. The van der Waals surface area contributed by atoms with Gasteiger partial charge in [-0.25, -0.2) is 13.4 Å². The van der Waals surface area contributed by atoms with Gasteiger partial charge in [-0.3, -0.25) is 4.72 Å². The minimum absolute atomic E-state index is 0.219. The van der Waals surface area contributed by atoms with E-state index >= 15 is 0 Å². The largest absolute Gasteiger partial charge is 0.306 e. The molecule has 0 aliphatic carbocycles. The Morgan fingerprint density at radius 1 is 0.781 bits per heavy atom. The molecule has 0 bridgehead atoms. The lowest BCUT2D eigenvalue weighted by molar-refractivity contribution is 0.601. The van der Waals surface area contributed by atoms with Gasteiger partial charge in [0.15, 0.2) is 0 Å². The molecule has 1 N–H and O–H groups in total. The van der Waals surface area contributed by atoms with E-state index in [0.717, 1.165) is 33.6 Å². The van der Waals surface area contributed by atoms with Crippen molar-refractivity contribution in [3.8, 4) is 22.4 Å². The first-order chi connectivity index (χ1) is 15.5. The van der Waals surface area contributed by atoms with E-state index in [2.05, 4.69) is 9.71 Å². The van der Waals surface area contributed by atoms with E-state index in [9.17, 15) is 8.42 Å². The lowest BCUT2D eigenvalue weighted by Gasteiger charge is -2.09. The summed E-state index contributed by atoms with van der Waals surface area (Å²) in [6.07, 6.45) is 3.94. The maximum Gasteiger partial charge on any atom is 0.261 e. The van der Waals surface area contributed by atoms with Gasteiger partial charge < -0.3 is 4.40 Å². The van der Waals surface area contributed by atoms with Crippen LogP contribution in [-0.2, 0) is 10.0 Å². The molecule has 2 heterocycles. The van der Waals surface area contributed by atoms with E-state index in [1.54, 1.807) is 24.3 Å². The molecular formula is C26H21N3O2S. The number of rotatable bonds is 5. The Balaban J connectivity index is 1.35. The molecule has 0 amide bonds. The summed E-state index contributed by atoms with van der Waals surface area (Å²) in [5.41, 5.74) is 6.29. The minimum Gasteiger partial charge on any atom is -0.306 e. The first-order valence-electron chi connectivity index (χ1n) is 10.2. The van der Waals surface area contributed by atoms with Crippen molar-refractivity contribution in [2.75, 3.05) is 4.72 Å². The van der Waals surface area contributed by atoms with Gasteiger partial charge in [0, 0.05) is 23.6 Å². The van der Waals surface area contributed by atoms with Gasteiger partial charge in [0.1, 0.15) is 5.65 Å². The SMILES string of the molecule is Cc1ccn2cc(-c3ccc(NS(=O)(=O)c4ccc(-c5ccccc5)cc4)cc3)nc2c1. The fourth-order valence-electron chi connectivity index (χ4n) is 3.60. The number of fused-ring (bicyclic) bond motifs is 1. The zero-order valence-electron chi connectivity index (χ0n) is 17.4. The summed E-state index contributed by atoms with van der Waals surface area (Å²) in [5.74, 6) is 0. The molecular weight excluding hydrogens is 418 g/mol. The lowest BCUT2D eigenvalue weighted by atomic mass is 10.1. The number of benzene rings is 3. The fraction of sp³-hybridized carbons (Fsp3) is 0.0385. The second-order valence-electron chi connectivity index (χ2n) is 7.67. The molecule has 3 aromatic carbocycles. The van der Waals surface area contributed by atoms with Crippen LogP contribution in [0.4, 0.5) is 5.69 Å². The number of nitrogens with one attached hydrogen (secondary N) is 1. The van der Waals surface area contributed by atoms with Crippen molar-refractivity contribution in [1.82, 2.24) is 9.38 Å². The molecule has 32 heavy (non-hydrogen) atoms. The van der Waals surface area contributed by atoms with Gasteiger partial charge in [-0.05, 0) is 60.0 Å². The average Bonchev–Trinajstić information content (AvgIpc) is 3.23. The zero-order valence-corrected chi connectivity index (χ0v) is 18.3. The number of hydrogen-bond donors (Lipinski definition) is 1. The van der Waals surface area contributed by atoms with Crippen LogP contribution in [0.3, 0.4) is 0 Å². The molecule has 5 nitrogen and oxygen atoms in total. The molecule has 0 atom stereocenters. The normalized spacial score (nSPS) is 11.5. The summed E-state index contributed by atoms with van der Waals surface area (Å²) in [6.45, 7) is 2.03. The van der Waals surface area contributed by atoms with Crippen LogP contribution in [0.15, 0.2) is 108 Å². The van der Waals surface area contributed by atoms with Gasteiger partial charge in [-0.1, -0.05) is 54.6 Å². The molecule has 0 saturated heterocycles. The maximum absolute atomic E-state index is 12.8. The van der Waals surface area contributed by atoms with E-state index < -0.39 is 10.0 Å². The first-order valence-corrected chi connectivity index (χ1v) is 11.7. The number of anilines is 1. The van der Waals surface area contributed by atoms with Crippen LogP contribution in [0.25, 0.3) is 28.0 Å². The summed E-state index contributed by atoms with van der Waals surface area (Å²) in [4.78, 5) is 4.87. The Morgan fingerprint density at radius 2 is 1.44 bits per heavy atom. The van der Waals surface area contributed by atoms with Gasteiger partial charge in [-0.2, -0.15) is 0 Å². The number of sulfonamides is 1. The van der Waals surface area contributed by atoms with Crippen LogP contribution in [0, 0.1) is 6.92 Å². The summed E-state index contributed by atoms with van der Waals surface area (Å²) in [5, 5.41) is 0. The van der Waals surface area contributed by atoms with Crippen molar-refractivity contribution in [3.05, 3.63) is 109 Å². The smallest absolute Gasteiger partial charge is 0.261 e. The van der Waals surface area contributed by atoms with Crippen molar-refractivity contribution in [1.29, 1.82) is 0 Å². The molecule has 5 rings (SSSR count). The number of pyridine rings is 1. The number of hydrogen-bond acceptors (Lipinski definition) is 3. The van der Waals surface area contributed by atoms with Crippen molar-refractivity contribution < 1.29 is 8.42 Å². The van der Waals surface area contributed by atoms with Crippen molar-refractivity contribution in [3.63, 3.8) is 0 Å². The van der Waals surface area contributed by atoms with Crippen LogP contribution in [0.5, 0.6) is 0 Å². The number of aromatic nitrogens is 2. The van der Waals surface area contributed by atoms with Crippen LogP contribution < -0.4 is 4.72 Å². The van der Waals surface area contributed by atoms with Gasteiger partial charge in [0.25, 0.3) is 10.0 Å². The van der Waals surface area contributed by atoms with Gasteiger partial charge in [0.2, 0.25) is 0 Å². The summed E-state index contributed by atoms with van der Waals surface area (Å²) >= 11 is 0. The minimum atomic E-state index is -3.68. The molecule has 0 aliphatic rings. The lowest BCUT2D eigenvalue weighted by Crippen LogP contribution is -2.12. The molecule has 0 aliphatic heterocycles. The molecule has 158 valence electrons. The molecule has 5 aromatic rings. The fourth-order valence-corrected chi connectivity index (χ4v) is 4.66. The highest BCUT2D eigenvalue weighted by Crippen LogP contribution is 2.25. The van der Waals surface area contributed by atoms with Crippen LogP contribution in [0.2, 0.25) is 0 Å². The van der Waals surface area contributed by atoms with E-state index in [1.165, 1.54) is 0 Å². The van der Waals surface area contributed by atoms with Crippen LogP contribution >= 0.6 is 0 Å². The number of aryl methyl sites for hydroxylation is 1. The summed E-state index contributed by atoms with van der Waals surface area (Å²) in [6, 6.07) is 28.0. The average molecular weight is 440 g/mol. The summed E-state index contributed by atoms with van der Waals surface area (Å²) < 4.78 is 30.3. The third-order valence-corrected chi connectivity index (χ3v) is 6.72. The third kappa shape index (κ3) is 4.00. The number of imidazole rings is 1. The molecule has 0 radical (unpaired) electrons. The maximum atomic E-state index is 12.8. The van der Waals surface area contributed by atoms with Crippen LogP contribution in [-0.4, -0.2) is 17.8 Å². The molecule has 0 saturated carbocycles. The summed E-state index contributed by atoms with van der Waals surface area (Å²) in [7, 11) is -3.68. The Morgan fingerprint density at radius 3 is 2.16 bits per heavy atom.